The predicted molar refractivity (Wildman–Crippen MR) is 65.0 cm³/mol. The Morgan fingerprint density at radius 3 is 2.94 bits per heavy atom. The van der Waals surface area contributed by atoms with Crippen LogP contribution in [0.5, 0.6) is 0 Å². The number of halogens is 1. The Kier molecular flexibility index (Phi) is 3.25. The fourth-order valence-corrected chi connectivity index (χ4v) is 1.84. The van der Waals surface area contributed by atoms with Crippen molar-refractivity contribution in [3.05, 3.63) is 35.8 Å². The van der Waals surface area contributed by atoms with Crippen molar-refractivity contribution in [1.29, 1.82) is 0 Å². The maximum atomic E-state index is 13.5. The standard InChI is InChI=1S/C13H17FN2/c1-3-7-15-9(2)12-8-10-5-4-6-11(14)13(10)16-12/h4-6,8-9,15-16H,3,7H2,1-2H3. The normalized spacial score (nSPS) is 13.2. The summed E-state index contributed by atoms with van der Waals surface area (Å²) in [5.74, 6) is -0.188. The van der Waals surface area contributed by atoms with Gasteiger partial charge in [0.05, 0.1) is 5.52 Å². The highest BCUT2D eigenvalue weighted by Gasteiger charge is 2.09. The van der Waals surface area contributed by atoms with E-state index in [0.717, 1.165) is 24.0 Å². The molecule has 0 saturated heterocycles. The monoisotopic (exact) mass is 220 g/mol. The van der Waals surface area contributed by atoms with Gasteiger partial charge in [-0.05, 0) is 32.0 Å². The third-order valence-corrected chi connectivity index (χ3v) is 2.79. The fourth-order valence-electron chi connectivity index (χ4n) is 1.84. The second-order valence-electron chi connectivity index (χ2n) is 4.10. The zero-order valence-corrected chi connectivity index (χ0v) is 9.68. The number of hydrogen-bond donors (Lipinski definition) is 2. The molecule has 2 nitrogen and oxygen atoms in total. The van der Waals surface area contributed by atoms with Gasteiger partial charge in [-0.25, -0.2) is 4.39 Å². The highest BCUT2D eigenvalue weighted by molar-refractivity contribution is 5.81. The molecule has 1 aromatic heterocycles. The van der Waals surface area contributed by atoms with Gasteiger partial charge >= 0.3 is 0 Å². The van der Waals surface area contributed by atoms with Crippen LogP contribution in [0.15, 0.2) is 24.3 Å². The second kappa shape index (κ2) is 4.66. The number of aromatic amines is 1. The topological polar surface area (TPSA) is 27.8 Å². The van der Waals surface area contributed by atoms with Crippen molar-refractivity contribution in [3.63, 3.8) is 0 Å². The van der Waals surface area contributed by atoms with Crippen molar-refractivity contribution in [2.75, 3.05) is 6.54 Å². The van der Waals surface area contributed by atoms with Gasteiger partial charge in [-0.2, -0.15) is 0 Å². The summed E-state index contributed by atoms with van der Waals surface area (Å²) in [5, 5.41) is 4.31. The van der Waals surface area contributed by atoms with Crippen molar-refractivity contribution in [2.24, 2.45) is 0 Å². The third-order valence-electron chi connectivity index (χ3n) is 2.79. The molecule has 0 radical (unpaired) electrons. The van der Waals surface area contributed by atoms with E-state index in [1.807, 2.05) is 12.1 Å². The van der Waals surface area contributed by atoms with Crippen LogP contribution in [0.4, 0.5) is 4.39 Å². The second-order valence-corrected chi connectivity index (χ2v) is 4.10. The first-order valence-electron chi connectivity index (χ1n) is 5.73. The predicted octanol–water partition coefficient (Wildman–Crippen LogP) is 3.37. The molecule has 1 aromatic carbocycles. The van der Waals surface area contributed by atoms with Crippen LogP contribution in [0, 0.1) is 5.82 Å². The van der Waals surface area contributed by atoms with Crippen LogP contribution in [0.1, 0.15) is 32.0 Å². The first-order valence-corrected chi connectivity index (χ1v) is 5.73. The zero-order valence-electron chi connectivity index (χ0n) is 9.68. The minimum atomic E-state index is -0.188. The van der Waals surface area contributed by atoms with Crippen molar-refractivity contribution in [1.82, 2.24) is 10.3 Å². The summed E-state index contributed by atoms with van der Waals surface area (Å²) in [5.41, 5.74) is 1.64. The maximum absolute atomic E-state index is 13.5. The Bertz CT molecular complexity index is 476. The molecule has 0 amide bonds. The summed E-state index contributed by atoms with van der Waals surface area (Å²) in [6, 6.07) is 7.37. The van der Waals surface area contributed by atoms with Crippen molar-refractivity contribution in [3.8, 4) is 0 Å². The van der Waals surface area contributed by atoms with E-state index in [-0.39, 0.29) is 11.9 Å². The minimum absolute atomic E-state index is 0.188. The summed E-state index contributed by atoms with van der Waals surface area (Å²) in [4.78, 5) is 3.14. The molecule has 1 unspecified atom stereocenters. The Morgan fingerprint density at radius 2 is 2.25 bits per heavy atom. The summed E-state index contributed by atoms with van der Waals surface area (Å²) in [6.45, 7) is 5.18. The van der Waals surface area contributed by atoms with Crippen LogP contribution in [0.25, 0.3) is 10.9 Å². The third kappa shape index (κ3) is 2.09. The first kappa shape index (κ1) is 11.1. The molecule has 0 spiro atoms. The highest BCUT2D eigenvalue weighted by atomic mass is 19.1. The van der Waals surface area contributed by atoms with Gasteiger partial charge in [0.2, 0.25) is 0 Å². The molecule has 2 aromatic rings. The lowest BCUT2D eigenvalue weighted by molar-refractivity contribution is 0.561. The minimum Gasteiger partial charge on any atom is -0.355 e. The Morgan fingerprint density at radius 1 is 1.44 bits per heavy atom. The van der Waals surface area contributed by atoms with Crippen LogP contribution in [0.3, 0.4) is 0 Å². The van der Waals surface area contributed by atoms with Gasteiger partial charge in [0, 0.05) is 17.1 Å². The molecule has 0 saturated carbocycles. The van der Waals surface area contributed by atoms with E-state index in [4.69, 9.17) is 0 Å². The number of rotatable bonds is 4. The summed E-state index contributed by atoms with van der Waals surface area (Å²) < 4.78 is 13.5. The van der Waals surface area contributed by atoms with Gasteiger partial charge in [0.15, 0.2) is 0 Å². The average molecular weight is 220 g/mol. The molecule has 3 heteroatoms. The number of H-pyrrole nitrogens is 1. The fraction of sp³-hybridized carbons (Fsp3) is 0.385. The van der Waals surface area contributed by atoms with Gasteiger partial charge in [-0.1, -0.05) is 19.1 Å². The van der Waals surface area contributed by atoms with Crippen LogP contribution in [0.2, 0.25) is 0 Å². The average Bonchev–Trinajstić information content (AvgIpc) is 2.71. The molecule has 0 aliphatic rings. The molecule has 0 fully saturated rings. The largest absolute Gasteiger partial charge is 0.355 e. The van der Waals surface area contributed by atoms with Crippen molar-refractivity contribution in [2.45, 2.75) is 26.3 Å². The van der Waals surface area contributed by atoms with Crippen LogP contribution < -0.4 is 5.32 Å². The zero-order chi connectivity index (χ0) is 11.5. The maximum Gasteiger partial charge on any atom is 0.147 e. The van der Waals surface area contributed by atoms with Crippen molar-refractivity contribution < 1.29 is 4.39 Å². The van der Waals surface area contributed by atoms with Crippen LogP contribution in [-0.2, 0) is 0 Å². The molecule has 1 atom stereocenters. The molecule has 2 rings (SSSR count). The lowest BCUT2D eigenvalue weighted by Gasteiger charge is -2.10. The quantitative estimate of drug-likeness (QED) is 0.812. The Labute approximate surface area is 94.9 Å². The number of fused-ring (bicyclic) bond motifs is 1. The molecule has 86 valence electrons. The molecule has 0 aliphatic heterocycles. The first-order chi connectivity index (χ1) is 7.72. The molecule has 0 bridgehead atoms. The smallest absolute Gasteiger partial charge is 0.147 e. The number of para-hydroxylation sites is 1. The Balaban J connectivity index is 2.29. The van der Waals surface area contributed by atoms with Crippen molar-refractivity contribution >= 4 is 10.9 Å². The van der Waals surface area contributed by atoms with Crippen LogP contribution in [-0.4, -0.2) is 11.5 Å². The summed E-state index contributed by atoms with van der Waals surface area (Å²) >= 11 is 0. The van der Waals surface area contributed by atoms with E-state index in [2.05, 4.69) is 24.1 Å². The van der Waals surface area contributed by atoms with Gasteiger partial charge in [-0.15, -0.1) is 0 Å². The van der Waals surface area contributed by atoms with E-state index < -0.39 is 0 Å². The number of aromatic nitrogens is 1. The summed E-state index contributed by atoms with van der Waals surface area (Å²) in [6.07, 6.45) is 1.10. The van der Waals surface area contributed by atoms with E-state index >= 15 is 0 Å². The molecular formula is C13H17FN2. The van der Waals surface area contributed by atoms with Gasteiger partial charge < -0.3 is 10.3 Å². The highest BCUT2D eigenvalue weighted by Crippen LogP contribution is 2.21. The summed E-state index contributed by atoms with van der Waals surface area (Å²) in [7, 11) is 0. The molecule has 1 heterocycles. The molecule has 2 N–H and O–H groups in total. The Hall–Kier alpha value is -1.35. The van der Waals surface area contributed by atoms with E-state index in [9.17, 15) is 4.39 Å². The van der Waals surface area contributed by atoms with Crippen LogP contribution >= 0.6 is 0 Å². The van der Waals surface area contributed by atoms with Gasteiger partial charge in [-0.3, -0.25) is 0 Å². The lowest BCUT2D eigenvalue weighted by Crippen LogP contribution is -2.19. The van der Waals surface area contributed by atoms with E-state index in [1.54, 1.807) is 6.07 Å². The number of nitrogens with one attached hydrogen (secondary N) is 2. The molecule has 16 heavy (non-hydrogen) atoms. The SMILES string of the molecule is CCCNC(C)c1cc2cccc(F)c2[nH]1. The van der Waals surface area contributed by atoms with Gasteiger partial charge in [0.25, 0.3) is 0 Å². The lowest BCUT2D eigenvalue weighted by atomic mass is 10.2. The number of benzene rings is 1. The van der Waals surface area contributed by atoms with Gasteiger partial charge in [0.1, 0.15) is 5.82 Å². The van der Waals surface area contributed by atoms with E-state index in [1.165, 1.54) is 6.07 Å². The number of hydrogen-bond acceptors (Lipinski definition) is 1. The molecule has 0 aliphatic carbocycles. The van der Waals surface area contributed by atoms with E-state index in [0.29, 0.717) is 5.52 Å². The molecular weight excluding hydrogens is 203 g/mol.